The maximum absolute atomic E-state index is 13.1. The summed E-state index contributed by atoms with van der Waals surface area (Å²) in [7, 11) is 1.92. The number of nitrogen functional groups attached to an aromatic ring is 1. The lowest BCUT2D eigenvalue weighted by atomic mass is 10.00. The Balaban J connectivity index is 1.78. The van der Waals surface area contributed by atoms with Crippen molar-refractivity contribution in [2.24, 2.45) is 5.92 Å². The Morgan fingerprint density at radius 1 is 1.48 bits per heavy atom. The van der Waals surface area contributed by atoms with Crippen LogP contribution in [0, 0.1) is 11.7 Å². The minimum Gasteiger partial charge on any atom is -0.396 e. The van der Waals surface area contributed by atoms with Gasteiger partial charge in [0.05, 0.1) is 12.2 Å². The van der Waals surface area contributed by atoms with E-state index in [1.807, 2.05) is 11.9 Å². The van der Waals surface area contributed by atoms with Crippen molar-refractivity contribution in [3.8, 4) is 0 Å². The van der Waals surface area contributed by atoms with E-state index in [0.29, 0.717) is 18.2 Å². The molecular weight excluding hydrogens is 273 g/mol. The second-order valence-corrected chi connectivity index (χ2v) is 5.54. The molecule has 1 heterocycles. The van der Waals surface area contributed by atoms with Gasteiger partial charge < -0.3 is 15.8 Å². The number of hydrogen-bond acceptors (Lipinski definition) is 4. The molecule has 1 aromatic carbocycles. The van der Waals surface area contributed by atoms with E-state index in [0.717, 1.165) is 32.6 Å². The van der Waals surface area contributed by atoms with E-state index < -0.39 is 5.82 Å². The largest absolute Gasteiger partial charge is 0.396 e. The first kappa shape index (κ1) is 15.7. The highest BCUT2D eigenvalue weighted by molar-refractivity contribution is 5.92. The lowest BCUT2D eigenvalue weighted by molar-refractivity contribution is -0.117. The summed E-state index contributed by atoms with van der Waals surface area (Å²) < 4.78 is 18.4. The summed E-state index contributed by atoms with van der Waals surface area (Å²) in [5.74, 6) is -0.0294. The Kier molecular flexibility index (Phi) is 5.52. The van der Waals surface area contributed by atoms with Crippen LogP contribution < -0.4 is 11.1 Å². The molecule has 1 aromatic rings. The molecule has 0 bridgehead atoms. The fourth-order valence-electron chi connectivity index (χ4n) is 2.50. The van der Waals surface area contributed by atoms with Gasteiger partial charge in [-0.15, -0.1) is 0 Å². The van der Waals surface area contributed by atoms with Gasteiger partial charge in [0, 0.05) is 25.4 Å². The molecule has 2 rings (SSSR count). The third-order valence-electron chi connectivity index (χ3n) is 3.60. The Labute approximate surface area is 124 Å². The molecule has 1 aliphatic rings. The fourth-order valence-corrected chi connectivity index (χ4v) is 2.50. The Morgan fingerprint density at radius 3 is 2.86 bits per heavy atom. The zero-order valence-corrected chi connectivity index (χ0v) is 12.3. The summed E-state index contributed by atoms with van der Waals surface area (Å²) in [4.78, 5) is 13.9. The van der Waals surface area contributed by atoms with Gasteiger partial charge >= 0.3 is 0 Å². The van der Waals surface area contributed by atoms with Gasteiger partial charge in [-0.2, -0.15) is 0 Å². The normalized spacial score (nSPS) is 16.1. The number of benzene rings is 1. The molecule has 0 spiro atoms. The lowest BCUT2D eigenvalue weighted by Crippen LogP contribution is -2.35. The number of nitrogens with one attached hydrogen (secondary N) is 1. The highest BCUT2D eigenvalue weighted by Crippen LogP contribution is 2.17. The fraction of sp³-hybridized carbons (Fsp3) is 0.533. The number of anilines is 2. The first-order valence-corrected chi connectivity index (χ1v) is 7.16. The average molecular weight is 295 g/mol. The summed E-state index contributed by atoms with van der Waals surface area (Å²) in [6.07, 6.45) is 2.08. The van der Waals surface area contributed by atoms with Crippen LogP contribution in [0.3, 0.4) is 0 Å². The molecule has 0 unspecified atom stereocenters. The third-order valence-corrected chi connectivity index (χ3v) is 3.60. The first-order chi connectivity index (χ1) is 10.0. The molecule has 6 heteroatoms. The molecular formula is C15H22FN3O2. The Morgan fingerprint density at radius 2 is 2.19 bits per heavy atom. The minimum absolute atomic E-state index is 0.0309. The van der Waals surface area contributed by atoms with Crippen LogP contribution in [-0.2, 0) is 9.53 Å². The second-order valence-electron chi connectivity index (χ2n) is 5.54. The molecule has 116 valence electrons. The van der Waals surface area contributed by atoms with Crippen LogP contribution in [0.4, 0.5) is 15.8 Å². The van der Waals surface area contributed by atoms with Gasteiger partial charge in [0.1, 0.15) is 5.82 Å². The third kappa shape index (κ3) is 4.99. The van der Waals surface area contributed by atoms with E-state index >= 15 is 0 Å². The van der Waals surface area contributed by atoms with Crippen LogP contribution in [0.25, 0.3) is 0 Å². The average Bonchev–Trinajstić information content (AvgIpc) is 2.43. The molecule has 21 heavy (non-hydrogen) atoms. The highest BCUT2D eigenvalue weighted by Gasteiger charge is 2.17. The number of ether oxygens (including phenoxy) is 1. The van der Waals surface area contributed by atoms with Gasteiger partial charge in [-0.3, -0.25) is 9.69 Å². The van der Waals surface area contributed by atoms with E-state index in [1.54, 1.807) is 0 Å². The van der Waals surface area contributed by atoms with Crippen molar-refractivity contribution in [3.05, 3.63) is 24.0 Å². The van der Waals surface area contributed by atoms with Gasteiger partial charge in [0.15, 0.2) is 0 Å². The lowest BCUT2D eigenvalue weighted by Gasteiger charge is -2.26. The molecule has 0 aliphatic carbocycles. The summed E-state index contributed by atoms with van der Waals surface area (Å²) >= 11 is 0. The van der Waals surface area contributed by atoms with Gasteiger partial charge in [0.25, 0.3) is 0 Å². The monoisotopic (exact) mass is 295 g/mol. The van der Waals surface area contributed by atoms with Crippen molar-refractivity contribution in [2.75, 3.05) is 44.4 Å². The number of likely N-dealkylation sites (N-methyl/N-ethyl adjacent to an activating group) is 1. The maximum Gasteiger partial charge on any atom is 0.238 e. The van der Waals surface area contributed by atoms with Gasteiger partial charge in [-0.1, -0.05) is 0 Å². The maximum atomic E-state index is 13.1. The zero-order chi connectivity index (χ0) is 15.2. The van der Waals surface area contributed by atoms with E-state index in [9.17, 15) is 9.18 Å². The van der Waals surface area contributed by atoms with Crippen LogP contribution in [0.5, 0.6) is 0 Å². The minimum atomic E-state index is -0.482. The number of rotatable bonds is 5. The SMILES string of the molecule is CN(CC(=O)Nc1ccc(F)c(N)c1)CC1CCOCC1. The molecule has 3 N–H and O–H groups in total. The molecule has 0 saturated carbocycles. The second kappa shape index (κ2) is 7.38. The smallest absolute Gasteiger partial charge is 0.238 e. The topological polar surface area (TPSA) is 67.6 Å². The van der Waals surface area contributed by atoms with Crippen molar-refractivity contribution in [1.82, 2.24) is 4.90 Å². The van der Waals surface area contributed by atoms with Crippen molar-refractivity contribution in [2.45, 2.75) is 12.8 Å². The van der Waals surface area contributed by atoms with Crippen molar-refractivity contribution in [3.63, 3.8) is 0 Å². The number of nitrogens with zero attached hydrogens (tertiary/aromatic N) is 1. The predicted molar refractivity (Wildman–Crippen MR) is 80.5 cm³/mol. The highest BCUT2D eigenvalue weighted by atomic mass is 19.1. The summed E-state index contributed by atoms with van der Waals surface area (Å²) in [5.41, 5.74) is 6.02. The summed E-state index contributed by atoms with van der Waals surface area (Å²) in [6.45, 7) is 2.79. The molecule has 1 amide bonds. The van der Waals surface area contributed by atoms with Crippen LogP contribution in [0.2, 0.25) is 0 Å². The number of carbonyl (C=O) groups is 1. The molecule has 0 atom stereocenters. The van der Waals surface area contributed by atoms with Crippen LogP contribution in [-0.4, -0.2) is 44.2 Å². The standard InChI is InChI=1S/C15H22FN3O2/c1-19(9-11-4-6-21-7-5-11)10-15(20)18-12-2-3-13(16)14(17)8-12/h2-3,8,11H,4-7,9-10,17H2,1H3,(H,18,20). The molecule has 1 fully saturated rings. The van der Waals surface area contributed by atoms with E-state index in [1.165, 1.54) is 18.2 Å². The van der Waals surface area contributed by atoms with E-state index in [-0.39, 0.29) is 11.6 Å². The van der Waals surface area contributed by atoms with Gasteiger partial charge in [-0.25, -0.2) is 4.39 Å². The van der Waals surface area contributed by atoms with Gasteiger partial charge in [-0.05, 0) is 44.0 Å². The van der Waals surface area contributed by atoms with Crippen molar-refractivity contribution in [1.29, 1.82) is 0 Å². The van der Waals surface area contributed by atoms with Crippen LogP contribution in [0.1, 0.15) is 12.8 Å². The number of amides is 1. The zero-order valence-electron chi connectivity index (χ0n) is 12.3. The molecule has 0 aromatic heterocycles. The summed E-state index contributed by atoms with van der Waals surface area (Å²) in [5, 5.41) is 2.73. The van der Waals surface area contributed by atoms with E-state index in [4.69, 9.17) is 10.5 Å². The van der Waals surface area contributed by atoms with Crippen LogP contribution in [0.15, 0.2) is 18.2 Å². The van der Waals surface area contributed by atoms with Crippen molar-refractivity contribution < 1.29 is 13.9 Å². The Hall–Kier alpha value is -1.66. The number of carbonyl (C=O) groups excluding carboxylic acids is 1. The number of nitrogens with two attached hydrogens (primary N) is 1. The summed E-state index contributed by atoms with van der Waals surface area (Å²) in [6, 6.07) is 4.17. The van der Waals surface area contributed by atoms with Crippen molar-refractivity contribution >= 4 is 17.3 Å². The number of halogens is 1. The van der Waals surface area contributed by atoms with Gasteiger partial charge in [0.2, 0.25) is 5.91 Å². The van der Waals surface area contributed by atoms with Crippen LogP contribution >= 0.6 is 0 Å². The first-order valence-electron chi connectivity index (χ1n) is 7.16. The number of hydrogen-bond donors (Lipinski definition) is 2. The quantitative estimate of drug-likeness (QED) is 0.811. The predicted octanol–water partition coefficient (Wildman–Crippen LogP) is 1.70. The van der Waals surface area contributed by atoms with E-state index in [2.05, 4.69) is 5.32 Å². The molecule has 5 nitrogen and oxygen atoms in total. The molecule has 0 radical (unpaired) electrons. The molecule has 1 saturated heterocycles. The Bertz CT molecular complexity index is 490. The molecule has 1 aliphatic heterocycles.